The second-order valence-corrected chi connectivity index (χ2v) is 6.26. The smallest absolute Gasteiger partial charge is 0.265 e. The van der Waals surface area contributed by atoms with Crippen molar-refractivity contribution in [1.29, 1.82) is 0 Å². The molecule has 1 aromatic carbocycles. The van der Waals surface area contributed by atoms with E-state index in [1.165, 1.54) is 11.6 Å². The first kappa shape index (κ1) is 16.5. The van der Waals surface area contributed by atoms with E-state index in [9.17, 15) is 4.79 Å². The van der Waals surface area contributed by atoms with Crippen LogP contribution in [0.1, 0.15) is 18.4 Å². The van der Waals surface area contributed by atoms with Crippen molar-refractivity contribution in [3.05, 3.63) is 73.1 Å². The number of likely N-dealkylation sites (tertiary alicyclic amines) is 1. The van der Waals surface area contributed by atoms with Gasteiger partial charge >= 0.3 is 0 Å². The predicted octanol–water partition coefficient (Wildman–Crippen LogP) is 2.85. The summed E-state index contributed by atoms with van der Waals surface area (Å²) in [5.74, 6) is -0.0334. The molecule has 0 N–H and O–H groups in total. The lowest BCUT2D eigenvalue weighted by Gasteiger charge is -2.38. The molecule has 0 spiro atoms. The van der Waals surface area contributed by atoms with E-state index in [2.05, 4.69) is 41.8 Å². The van der Waals surface area contributed by atoms with Crippen LogP contribution >= 0.6 is 0 Å². The monoisotopic (exact) mass is 323 g/mol. The van der Waals surface area contributed by atoms with Gasteiger partial charge in [-0.15, -0.1) is 0 Å². The number of amides is 1. The van der Waals surface area contributed by atoms with Crippen LogP contribution in [0, 0.1) is 0 Å². The zero-order chi connectivity index (χ0) is 16.8. The molecular weight excluding hydrogens is 298 g/mol. The van der Waals surface area contributed by atoms with Crippen LogP contribution in [0.15, 0.2) is 67.5 Å². The Morgan fingerprint density at radius 1 is 1.12 bits per heavy atom. The van der Waals surface area contributed by atoms with Gasteiger partial charge in [-0.3, -0.25) is 9.47 Å². The Balaban J connectivity index is 1.55. The van der Waals surface area contributed by atoms with Gasteiger partial charge in [0.25, 0.3) is 5.91 Å². The molecule has 3 rings (SSSR count). The van der Waals surface area contributed by atoms with Gasteiger partial charge in [0.2, 0.25) is 0 Å². The molecule has 0 aliphatic carbocycles. The van der Waals surface area contributed by atoms with Crippen molar-refractivity contribution in [1.82, 2.24) is 9.58 Å². The van der Waals surface area contributed by atoms with Crippen molar-refractivity contribution in [3.8, 4) is 0 Å². The second kappa shape index (κ2) is 7.97. The molecular formula is C20H25N3O. The fourth-order valence-corrected chi connectivity index (χ4v) is 3.36. The van der Waals surface area contributed by atoms with Gasteiger partial charge in [-0.05, 0) is 43.0 Å². The minimum absolute atomic E-state index is 0.0334. The highest BCUT2D eigenvalue weighted by atomic mass is 16.2. The Hall–Kier alpha value is -2.33. The lowest BCUT2D eigenvalue weighted by Crippen LogP contribution is -2.52. The first-order valence-corrected chi connectivity index (χ1v) is 8.63. The number of carbonyl (C=O) groups is 1. The Morgan fingerprint density at radius 3 is 2.42 bits per heavy atom. The first-order chi connectivity index (χ1) is 11.8. The van der Waals surface area contributed by atoms with Crippen molar-refractivity contribution in [3.63, 3.8) is 0 Å². The third kappa shape index (κ3) is 3.95. The molecule has 1 aliphatic heterocycles. The third-order valence-electron chi connectivity index (χ3n) is 4.70. The van der Waals surface area contributed by atoms with Gasteiger partial charge in [-0.25, -0.2) is 5.01 Å². The molecule has 0 unspecified atom stereocenters. The van der Waals surface area contributed by atoms with Crippen molar-refractivity contribution >= 4 is 5.91 Å². The normalized spacial score (nSPS) is 16.0. The number of hydrogen-bond acceptors (Lipinski definition) is 2. The average Bonchev–Trinajstić information content (AvgIpc) is 3.16. The molecule has 2 aromatic rings. The van der Waals surface area contributed by atoms with Crippen molar-refractivity contribution in [2.24, 2.45) is 0 Å². The molecule has 1 saturated heterocycles. The zero-order valence-corrected chi connectivity index (χ0v) is 14.1. The lowest BCUT2D eigenvalue weighted by molar-refractivity contribution is -0.116. The molecule has 4 nitrogen and oxygen atoms in total. The topological polar surface area (TPSA) is 28.5 Å². The summed E-state index contributed by atoms with van der Waals surface area (Å²) in [5.41, 5.74) is 1.38. The van der Waals surface area contributed by atoms with E-state index in [-0.39, 0.29) is 11.9 Å². The molecule has 1 fully saturated rings. The van der Waals surface area contributed by atoms with Crippen LogP contribution in [0.25, 0.3) is 0 Å². The quantitative estimate of drug-likeness (QED) is 0.765. The number of piperidine rings is 1. The molecule has 1 amide bonds. The maximum absolute atomic E-state index is 12.3. The standard InChI is InChI=1S/C20H25N3O/c1-2-20(24)23(22-13-6-7-14-22)19-11-16-21(17-12-19)15-10-18-8-4-3-5-9-18/h2-9,13-14,19H,1,10-12,15-17H2. The van der Waals surface area contributed by atoms with Gasteiger partial charge in [0.15, 0.2) is 0 Å². The highest BCUT2D eigenvalue weighted by Gasteiger charge is 2.27. The van der Waals surface area contributed by atoms with Crippen LogP contribution in [-0.4, -0.2) is 41.2 Å². The van der Waals surface area contributed by atoms with Gasteiger partial charge in [-0.1, -0.05) is 36.9 Å². The number of carbonyl (C=O) groups excluding carboxylic acids is 1. The van der Waals surface area contributed by atoms with E-state index < -0.39 is 0 Å². The van der Waals surface area contributed by atoms with Crippen molar-refractivity contribution < 1.29 is 4.79 Å². The summed E-state index contributed by atoms with van der Waals surface area (Å²) in [6, 6.07) is 14.7. The van der Waals surface area contributed by atoms with E-state index >= 15 is 0 Å². The van der Waals surface area contributed by atoms with E-state index in [1.54, 1.807) is 0 Å². The summed E-state index contributed by atoms with van der Waals surface area (Å²) in [6.07, 6.45) is 8.31. The summed E-state index contributed by atoms with van der Waals surface area (Å²) in [4.78, 5) is 14.8. The van der Waals surface area contributed by atoms with E-state index in [0.29, 0.717) is 0 Å². The molecule has 0 saturated carbocycles. The van der Waals surface area contributed by atoms with Crippen LogP contribution in [0.2, 0.25) is 0 Å². The summed E-state index contributed by atoms with van der Waals surface area (Å²) in [5, 5.41) is 1.83. The minimum Gasteiger partial charge on any atom is -0.303 e. The fraction of sp³-hybridized carbons (Fsp3) is 0.350. The molecule has 1 aliphatic rings. The van der Waals surface area contributed by atoms with Gasteiger partial charge in [-0.2, -0.15) is 0 Å². The van der Waals surface area contributed by atoms with E-state index in [0.717, 1.165) is 38.9 Å². The molecule has 4 heteroatoms. The maximum atomic E-state index is 12.3. The number of benzene rings is 1. The molecule has 0 bridgehead atoms. The third-order valence-corrected chi connectivity index (χ3v) is 4.70. The Bertz CT molecular complexity index is 643. The number of nitrogens with zero attached hydrogens (tertiary/aromatic N) is 3. The largest absolute Gasteiger partial charge is 0.303 e. The second-order valence-electron chi connectivity index (χ2n) is 6.26. The van der Waals surface area contributed by atoms with Gasteiger partial charge in [0.05, 0.1) is 6.04 Å². The van der Waals surface area contributed by atoms with Crippen molar-refractivity contribution in [2.75, 3.05) is 24.6 Å². The molecule has 1 aromatic heterocycles. The molecule has 24 heavy (non-hydrogen) atoms. The van der Waals surface area contributed by atoms with Crippen LogP contribution in [-0.2, 0) is 11.2 Å². The van der Waals surface area contributed by atoms with Crippen LogP contribution in [0.3, 0.4) is 0 Å². The maximum Gasteiger partial charge on any atom is 0.265 e. The van der Waals surface area contributed by atoms with Gasteiger partial charge in [0.1, 0.15) is 0 Å². The van der Waals surface area contributed by atoms with Gasteiger partial charge < -0.3 is 4.90 Å². The SMILES string of the molecule is C=CC(=O)N(C1CCN(CCc2ccccc2)CC1)n1cccc1. The van der Waals surface area contributed by atoms with Crippen LogP contribution in [0.5, 0.6) is 0 Å². The number of rotatable bonds is 6. The molecule has 126 valence electrons. The summed E-state index contributed by atoms with van der Waals surface area (Å²) >= 11 is 0. The molecule has 0 atom stereocenters. The lowest BCUT2D eigenvalue weighted by atomic mass is 10.0. The molecule has 2 heterocycles. The summed E-state index contributed by atoms with van der Waals surface area (Å²) in [7, 11) is 0. The Kier molecular flexibility index (Phi) is 5.49. The summed E-state index contributed by atoms with van der Waals surface area (Å²) < 4.78 is 1.88. The highest BCUT2D eigenvalue weighted by Crippen LogP contribution is 2.17. The van der Waals surface area contributed by atoms with Crippen molar-refractivity contribution in [2.45, 2.75) is 25.3 Å². The average molecular weight is 323 g/mol. The fourth-order valence-electron chi connectivity index (χ4n) is 3.36. The van der Waals surface area contributed by atoms with Crippen LogP contribution < -0.4 is 5.01 Å². The molecule has 0 radical (unpaired) electrons. The van der Waals surface area contributed by atoms with Gasteiger partial charge in [0, 0.05) is 32.0 Å². The Labute approximate surface area is 144 Å². The Morgan fingerprint density at radius 2 is 1.79 bits per heavy atom. The highest BCUT2D eigenvalue weighted by molar-refractivity contribution is 5.95. The minimum atomic E-state index is -0.0334. The first-order valence-electron chi connectivity index (χ1n) is 8.63. The zero-order valence-electron chi connectivity index (χ0n) is 14.1. The van der Waals surface area contributed by atoms with Crippen LogP contribution in [0.4, 0.5) is 0 Å². The number of hydrogen-bond donors (Lipinski definition) is 0. The summed E-state index contributed by atoms with van der Waals surface area (Å²) in [6.45, 7) is 6.78. The van der Waals surface area contributed by atoms with E-state index in [4.69, 9.17) is 0 Å². The predicted molar refractivity (Wildman–Crippen MR) is 97.5 cm³/mol. The van der Waals surface area contributed by atoms with E-state index in [1.807, 2.05) is 34.2 Å². The number of aromatic nitrogens is 1.